The minimum absolute atomic E-state index is 0.00652. The second-order valence-corrected chi connectivity index (χ2v) is 5.02. The summed E-state index contributed by atoms with van der Waals surface area (Å²) in [4.78, 5) is 22.0. The minimum Gasteiger partial charge on any atom is -0.463 e. The largest absolute Gasteiger partial charge is 0.463 e. The van der Waals surface area contributed by atoms with Crippen molar-refractivity contribution in [3.63, 3.8) is 0 Å². The van der Waals surface area contributed by atoms with Crippen molar-refractivity contribution >= 4 is 11.9 Å². The predicted octanol–water partition coefficient (Wildman–Crippen LogP) is 0.358. The van der Waals surface area contributed by atoms with Crippen LogP contribution >= 0.6 is 0 Å². The van der Waals surface area contributed by atoms with Crippen LogP contribution in [-0.4, -0.2) is 48.9 Å². The first-order valence-corrected chi connectivity index (χ1v) is 6.10. The Morgan fingerprint density at radius 2 is 1.84 bits per heavy atom. The van der Waals surface area contributed by atoms with Crippen molar-refractivity contribution in [2.24, 2.45) is 0 Å². The molecule has 7 nitrogen and oxygen atoms in total. The summed E-state index contributed by atoms with van der Waals surface area (Å²) in [5.74, 6) is -1.67. The first kappa shape index (κ1) is 14.2. The molecule has 0 saturated carbocycles. The van der Waals surface area contributed by atoms with Crippen LogP contribution in [-0.2, 0) is 33.3 Å². The number of carbonyl (C=O) groups excluding carboxylic acids is 2. The van der Waals surface area contributed by atoms with Gasteiger partial charge in [-0.2, -0.15) is 0 Å². The van der Waals surface area contributed by atoms with Crippen molar-refractivity contribution in [1.82, 2.24) is 0 Å². The fourth-order valence-electron chi connectivity index (χ4n) is 2.21. The van der Waals surface area contributed by atoms with Gasteiger partial charge in [0.1, 0.15) is 12.7 Å². The van der Waals surface area contributed by atoms with Gasteiger partial charge in [0.2, 0.25) is 0 Å². The number of hydrogen-bond donors (Lipinski definition) is 0. The number of carbonyl (C=O) groups is 2. The van der Waals surface area contributed by atoms with Gasteiger partial charge in [-0.3, -0.25) is 9.59 Å². The lowest BCUT2D eigenvalue weighted by Gasteiger charge is -2.25. The quantitative estimate of drug-likeness (QED) is 0.687. The number of ether oxygens (including phenoxy) is 5. The molecule has 7 heteroatoms. The topological polar surface area (TPSA) is 80.3 Å². The molecule has 2 rings (SSSR count). The molecule has 0 aromatic rings. The van der Waals surface area contributed by atoms with E-state index in [2.05, 4.69) is 0 Å². The second kappa shape index (κ2) is 5.07. The smallest absolute Gasteiger partial charge is 0.303 e. The summed E-state index contributed by atoms with van der Waals surface area (Å²) in [5.41, 5.74) is 0. The summed E-state index contributed by atoms with van der Waals surface area (Å²) in [6, 6.07) is 0. The van der Waals surface area contributed by atoms with Crippen molar-refractivity contribution in [3.8, 4) is 0 Å². The van der Waals surface area contributed by atoms with Crippen LogP contribution in [0.5, 0.6) is 0 Å². The molecule has 2 aliphatic heterocycles. The van der Waals surface area contributed by atoms with E-state index in [1.807, 2.05) is 0 Å². The molecule has 0 bridgehead atoms. The molecule has 0 aromatic heterocycles. The highest BCUT2D eigenvalue weighted by Gasteiger charge is 2.56. The van der Waals surface area contributed by atoms with Gasteiger partial charge in [0.15, 0.2) is 24.3 Å². The van der Waals surface area contributed by atoms with Crippen LogP contribution in [0.1, 0.15) is 27.7 Å². The molecule has 108 valence electrons. The van der Waals surface area contributed by atoms with Crippen LogP contribution in [0.4, 0.5) is 0 Å². The summed E-state index contributed by atoms with van der Waals surface area (Å²) in [7, 11) is 0. The predicted molar refractivity (Wildman–Crippen MR) is 60.9 cm³/mol. The van der Waals surface area contributed by atoms with Gasteiger partial charge >= 0.3 is 11.9 Å². The Bertz CT molecular complexity index is 378. The van der Waals surface area contributed by atoms with E-state index < -0.39 is 42.3 Å². The molecule has 0 N–H and O–H groups in total. The fourth-order valence-corrected chi connectivity index (χ4v) is 2.21. The number of fused-ring (bicyclic) bond motifs is 1. The lowest BCUT2D eigenvalue weighted by atomic mass is 10.1. The highest BCUT2D eigenvalue weighted by Crippen LogP contribution is 2.38. The summed E-state index contributed by atoms with van der Waals surface area (Å²) in [5, 5.41) is 0. The Kier molecular flexibility index (Phi) is 3.80. The molecule has 0 spiro atoms. The third kappa shape index (κ3) is 3.23. The SMILES string of the molecule is CC(=O)OC[C@H]1O[C@@H]2OC(C)(C)O[C@@H]2[C@H]1OC(C)=O. The second-order valence-electron chi connectivity index (χ2n) is 5.02. The van der Waals surface area contributed by atoms with E-state index in [4.69, 9.17) is 23.7 Å². The first-order valence-electron chi connectivity index (χ1n) is 6.10. The van der Waals surface area contributed by atoms with Gasteiger partial charge in [-0.15, -0.1) is 0 Å². The molecule has 2 fully saturated rings. The van der Waals surface area contributed by atoms with E-state index in [0.717, 1.165) is 0 Å². The summed E-state index contributed by atoms with van der Waals surface area (Å²) >= 11 is 0. The molecule has 19 heavy (non-hydrogen) atoms. The lowest BCUT2D eigenvalue weighted by molar-refractivity contribution is -0.223. The fraction of sp³-hybridized carbons (Fsp3) is 0.833. The zero-order valence-corrected chi connectivity index (χ0v) is 11.4. The summed E-state index contributed by atoms with van der Waals surface area (Å²) in [6.45, 7) is 6.10. The number of hydrogen-bond acceptors (Lipinski definition) is 7. The Morgan fingerprint density at radius 1 is 1.16 bits per heavy atom. The molecule has 0 aromatic carbocycles. The molecular weight excluding hydrogens is 256 g/mol. The van der Waals surface area contributed by atoms with Crippen molar-refractivity contribution in [3.05, 3.63) is 0 Å². The van der Waals surface area contributed by atoms with E-state index in [0.29, 0.717) is 0 Å². The Balaban J connectivity index is 2.05. The summed E-state index contributed by atoms with van der Waals surface area (Å²) < 4.78 is 26.9. The maximum absolute atomic E-state index is 11.2. The Morgan fingerprint density at radius 3 is 2.42 bits per heavy atom. The van der Waals surface area contributed by atoms with Gasteiger partial charge in [0.25, 0.3) is 0 Å². The highest BCUT2D eigenvalue weighted by molar-refractivity contribution is 5.66. The standard InChI is InChI=1S/C12H18O7/c1-6(13)15-5-8-9(16-7(2)14)10-11(17-8)19-12(3,4)18-10/h8-11H,5H2,1-4H3/t8-,9+,10-,11-/m1/s1. The third-order valence-electron chi connectivity index (χ3n) is 2.84. The minimum atomic E-state index is -0.792. The van der Waals surface area contributed by atoms with Gasteiger partial charge < -0.3 is 23.7 Å². The zero-order valence-electron chi connectivity index (χ0n) is 11.4. The van der Waals surface area contributed by atoms with Crippen molar-refractivity contribution < 1.29 is 33.3 Å². The third-order valence-corrected chi connectivity index (χ3v) is 2.84. The molecule has 0 unspecified atom stereocenters. The highest BCUT2D eigenvalue weighted by atomic mass is 16.8. The van der Waals surface area contributed by atoms with Crippen LogP contribution in [0.25, 0.3) is 0 Å². The van der Waals surface area contributed by atoms with Crippen molar-refractivity contribution in [1.29, 1.82) is 0 Å². The monoisotopic (exact) mass is 274 g/mol. The van der Waals surface area contributed by atoms with Crippen LogP contribution in [0.3, 0.4) is 0 Å². The molecule has 2 heterocycles. The van der Waals surface area contributed by atoms with Crippen LogP contribution in [0, 0.1) is 0 Å². The molecular formula is C12H18O7. The van der Waals surface area contributed by atoms with E-state index in [9.17, 15) is 9.59 Å². The molecule has 2 saturated heterocycles. The van der Waals surface area contributed by atoms with E-state index in [-0.39, 0.29) is 6.61 Å². The number of esters is 2. The van der Waals surface area contributed by atoms with Gasteiger partial charge in [0.05, 0.1) is 0 Å². The van der Waals surface area contributed by atoms with Gasteiger partial charge in [-0.05, 0) is 13.8 Å². The van der Waals surface area contributed by atoms with Gasteiger partial charge in [-0.1, -0.05) is 0 Å². The first-order chi connectivity index (χ1) is 8.78. The van der Waals surface area contributed by atoms with Crippen LogP contribution < -0.4 is 0 Å². The zero-order chi connectivity index (χ0) is 14.2. The van der Waals surface area contributed by atoms with Crippen LogP contribution in [0.2, 0.25) is 0 Å². The van der Waals surface area contributed by atoms with Gasteiger partial charge in [-0.25, -0.2) is 0 Å². The van der Waals surface area contributed by atoms with E-state index >= 15 is 0 Å². The van der Waals surface area contributed by atoms with Gasteiger partial charge in [0, 0.05) is 13.8 Å². The van der Waals surface area contributed by atoms with E-state index in [1.165, 1.54) is 13.8 Å². The maximum Gasteiger partial charge on any atom is 0.303 e. The lowest BCUT2D eigenvalue weighted by Crippen LogP contribution is -2.40. The van der Waals surface area contributed by atoms with Crippen LogP contribution in [0.15, 0.2) is 0 Å². The Hall–Kier alpha value is -1.18. The average molecular weight is 274 g/mol. The Labute approximate surface area is 111 Å². The number of rotatable bonds is 3. The summed E-state index contributed by atoms with van der Waals surface area (Å²) in [6.07, 6.45) is -2.37. The molecule has 4 atom stereocenters. The van der Waals surface area contributed by atoms with Crippen molar-refractivity contribution in [2.75, 3.05) is 6.61 Å². The average Bonchev–Trinajstić information content (AvgIpc) is 2.69. The molecule has 0 aliphatic carbocycles. The molecule has 0 radical (unpaired) electrons. The van der Waals surface area contributed by atoms with Crippen molar-refractivity contribution in [2.45, 2.75) is 58.1 Å². The normalized spacial score (nSPS) is 35.8. The molecule has 0 amide bonds. The molecule has 2 aliphatic rings. The maximum atomic E-state index is 11.2. The van der Waals surface area contributed by atoms with E-state index in [1.54, 1.807) is 13.8 Å².